The van der Waals surface area contributed by atoms with Crippen LogP contribution in [0.1, 0.15) is 50.8 Å². The van der Waals surface area contributed by atoms with Crippen molar-refractivity contribution >= 4 is 23.2 Å². The average Bonchev–Trinajstić information content (AvgIpc) is 3.25. The standard InChI is InChI=1S/C24H31N3O2S/c1-15(2)21(18-10-11-18)24(29)27-12-4-5-20(27)23(28)25-13-17-6-8-19(9-7-17)22-16(3)26-14-30-22/h6-9,14-15,18,20-21H,4-5,10-13H2,1-3H3,(H,25,28). The van der Waals surface area contributed by atoms with Gasteiger partial charge in [0.1, 0.15) is 6.04 Å². The van der Waals surface area contributed by atoms with Gasteiger partial charge in [-0.15, -0.1) is 11.3 Å². The molecule has 2 atom stereocenters. The predicted octanol–water partition coefficient (Wildman–Crippen LogP) is 4.41. The Morgan fingerprint density at radius 2 is 1.93 bits per heavy atom. The van der Waals surface area contributed by atoms with E-state index in [-0.39, 0.29) is 23.8 Å². The third kappa shape index (κ3) is 4.43. The van der Waals surface area contributed by atoms with Crippen LogP contribution in [0.3, 0.4) is 0 Å². The summed E-state index contributed by atoms with van der Waals surface area (Å²) in [6.07, 6.45) is 3.96. The van der Waals surface area contributed by atoms with Crippen molar-refractivity contribution in [2.24, 2.45) is 17.8 Å². The SMILES string of the molecule is Cc1ncsc1-c1ccc(CNC(=O)C2CCCN2C(=O)C(C(C)C)C2CC2)cc1. The molecule has 4 rings (SSSR count). The number of nitrogens with one attached hydrogen (secondary N) is 1. The lowest BCUT2D eigenvalue weighted by Gasteiger charge is -2.30. The van der Waals surface area contributed by atoms with Gasteiger partial charge in [-0.05, 0) is 55.6 Å². The van der Waals surface area contributed by atoms with Crippen molar-refractivity contribution in [3.05, 3.63) is 41.0 Å². The van der Waals surface area contributed by atoms with Gasteiger partial charge in [-0.3, -0.25) is 9.59 Å². The van der Waals surface area contributed by atoms with Crippen LogP contribution in [-0.4, -0.2) is 34.3 Å². The highest BCUT2D eigenvalue weighted by Gasteiger charge is 2.43. The first-order valence-corrected chi connectivity index (χ1v) is 11.9. The molecule has 2 aromatic rings. The highest BCUT2D eigenvalue weighted by molar-refractivity contribution is 7.13. The summed E-state index contributed by atoms with van der Waals surface area (Å²) < 4.78 is 0. The van der Waals surface area contributed by atoms with Crippen molar-refractivity contribution in [2.45, 2.75) is 59.0 Å². The molecule has 1 N–H and O–H groups in total. The second-order valence-electron chi connectivity index (χ2n) is 8.98. The van der Waals surface area contributed by atoms with Crippen LogP contribution in [0, 0.1) is 24.7 Å². The molecule has 30 heavy (non-hydrogen) atoms. The fourth-order valence-electron chi connectivity index (χ4n) is 4.64. The van der Waals surface area contributed by atoms with E-state index in [9.17, 15) is 9.59 Å². The average molecular weight is 426 g/mol. The van der Waals surface area contributed by atoms with Crippen LogP contribution < -0.4 is 5.32 Å². The Bertz CT molecular complexity index is 899. The smallest absolute Gasteiger partial charge is 0.243 e. The van der Waals surface area contributed by atoms with E-state index in [1.165, 1.54) is 4.88 Å². The van der Waals surface area contributed by atoms with E-state index >= 15 is 0 Å². The van der Waals surface area contributed by atoms with Crippen LogP contribution in [0.15, 0.2) is 29.8 Å². The number of aryl methyl sites for hydroxylation is 1. The molecule has 2 amide bonds. The summed E-state index contributed by atoms with van der Waals surface area (Å²) in [7, 11) is 0. The second kappa shape index (κ2) is 8.88. The van der Waals surface area contributed by atoms with E-state index in [0.29, 0.717) is 24.9 Å². The molecule has 160 valence electrons. The van der Waals surface area contributed by atoms with E-state index < -0.39 is 0 Å². The van der Waals surface area contributed by atoms with Crippen molar-refractivity contribution < 1.29 is 9.59 Å². The first-order chi connectivity index (χ1) is 14.5. The maximum Gasteiger partial charge on any atom is 0.243 e. The van der Waals surface area contributed by atoms with Gasteiger partial charge in [0.05, 0.1) is 16.1 Å². The van der Waals surface area contributed by atoms with Crippen molar-refractivity contribution in [3.8, 4) is 10.4 Å². The molecule has 0 bridgehead atoms. The van der Waals surface area contributed by atoms with E-state index in [1.807, 2.05) is 29.5 Å². The van der Waals surface area contributed by atoms with Crippen molar-refractivity contribution in [1.82, 2.24) is 15.2 Å². The van der Waals surface area contributed by atoms with Crippen LogP contribution >= 0.6 is 11.3 Å². The number of benzene rings is 1. The Labute approximate surface area is 182 Å². The second-order valence-corrected chi connectivity index (χ2v) is 9.83. The summed E-state index contributed by atoms with van der Waals surface area (Å²) in [6.45, 7) is 7.46. The minimum absolute atomic E-state index is 0.0264. The maximum atomic E-state index is 13.2. The summed E-state index contributed by atoms with van der Waals surface area (Å²) in [6, 6.07) is 7.94. The van der Waals surface area contributed by atoms with E-state index in [4.69, 9.17) is 0 Å². The number of carbonyl (C=O) groups excluding carboxylic acids is 2. The van der Waals surface area contributed by atoms with Gasteiger partial charge in [-0.1, -0.05) is 38.1 Å². The molecule has 0 spiro atoms. The topological polar surface area (TPSA) is 62.3 Å². The molecule has 1 aromatic carbocycles. The Balaban J connectivity index is 1.36. The Morgan fingerprint density at radius 3 is 2.53 bits per heavy atom. The van der Waals surface area contributed by atoms with Crippen LogP contribution in [0.5, 0.6) is 0 Å². The van der Waals surface area contributed by atoms with E-state index in [2.05, 4.69) is 36.3 Å². The number of likely N-dealkylation sites (tertiary alicyclic amines) is 1. The van der Waals surface area contributed by atoms with Crippen molar-refractivity contribution in [1.29, 1.82) is 0 Å². The van der Waals surface area contributed by atoms with Crippen LogP contribution in [0.25, 0.3) is 10.4 Å². The van der Waals surface area contributed by atoms with Gasteiger partial charge < -0.3 is 10.2 Å². The molecule has 1 saturated carbocycles. The Hall–Kier alpha value is -2.21. The lowest BCUT2D eigenvalue weighted by molar-refractivity contribution is -0.143. The molecule has 1 aliphatic heterocycles. The summed E-state index contributed by atoms with van der Waals surface area (Å²) in [4.78, 5) is 33.4. The summed E-state index contributed by atoms with van der Waals surface area (Å²) in [5, 5.41) is 3.06. The van der Waals surface area contributed by atoms with Gasteiger partial charge in [-0.25, -0.2) is 4.98 Å². The van der Waals surface area contributed by atoms with Crippen molar-refractivity contribution in [2.75, 3.05) is 6.54 Å². The monoisotopic (exact) mass is 425 g/mol. The number of amides is 2. The van der Waals surface area contributed by atoms with E-state index in [1.54, 1.807) is 11.3 Å². The molecule has 1 saturated heterocycles. The number of thiazole rings is 1. The fraction of sp³-hybridized carbons (Fsp3) is 0.542. The quantitative estimate of drug-likeness (QED) is 0.715. The molecular formula is C24H31N3O2S. The zero-order valence-corrected chi connectivity index (χ0v) is 18.9. The van der Waals surface area contributed by atoms with Gasteiger partial charge in [0, 0.05) is 19.0 Å². The van der Waals surface area contributed by atoms with Gasteiger partial charge in [-0.2, -0.15) is 0 Å². The number of nitrogens with zero attached hydrogens (tertiary/aromatic N) is 2. The molecule has 0 radical (unpaired) electrons. The summed E-state index contributed by atoms with van der Waals surface area (Å²) >= 11 is 1.64. The largest absolute Gasteiger partial charge is 0.350 e. The van der Waals surface area contributed by atoms with E-state index in [0.717, 1.165) is 42.5 Å². The fourth-order valence-corrected chi connectivity index (χ4v) is 5.45. The Morgan fingerprint density at radius 1 is 1.20 bits per heavy atom. The molecule has 2 heterocycles. The number of rotatable bonds is 7. The number of hydrogen-bond donors (Lipinski definition) is 1. The lowest BCUT2D eigenvalue weighted by Crippen LogP contribution is -2.48. The van der Waals surface area contributed by atoms with Crippen LogP contribution in [0.4, 0.5) is 0 Å². The molecule has 1 aliphatic carbocycles. The highest BCUT2D eigenvalue weighted by atomic mass is 32.1. The molecule has 6 heteroatoms. The zero-order chi connectivity index (χ0) is 21.3. The molecule has 2 fully saturated rings. The minimum Gasteiger partial charge on any atom is -0.350 e. The molecule has 2 unspecified atom stereocenters. The summed E-state index contributed by atoms with van der Waals surface area (Å²) in [5.41, 5.74) is 5.11. The molecule has 5 nitrogen and oxygen atoms in total. The van der Waals surface area contributed by atoms with Crippen LogP contribution in [-0.2, 0) is 16.1 Å². The van der Waals surface area contributed by atoms with Crippen LogP contribution in [0.2, 0.25) is 0 Å². The third-order valence-electron chi connectivity index (χ3n) is 6.40. The highest BCUT2D eigenvalue weighted by Crippen LogP contribution is 2.42. The maximum absolute atomic E-state index is 13.2. The minimum atomic E-state index is -0.323. The zero-order valence-electron chi connectivity index (χ0n) is 18.1. The number of aromatic nitrogens is 1. The van der Waals surface area contributed by atoms with Crippen molar-refractivity contribution in [3.63, 3.8) is 0 Å². The van der Waals surface area contributed by atoms with Gasteiger partial charge in [0.2, 0.25) is 11.8 Å². The Kier molecular flexibility index (Phi) is 6.23. The first kappa shape index (κ1) is 21.0. The number of carbonyl (C=O) groups is 2. The molecule has 1 aromatic heterocycles. The normalized spacial score (nSPS) is 19.9. The first-order valence-electron chi connectivity index (χ1n) is 11.0. The van der Waals surface area contributed by atoms with Gasteiger partial charge in [0.15, 0.2) is 0 Å². The molecule has 2 aliphatic rings. The predicted molar refractivity (Wildman–Crippen MR) is 120 cm³/mol. The lowest BCUT2D eigenvalue weighted by atomic mass is 9.89. The number of hydrogen-bond acceptors (Lipinski definition) is 4. The summed E-state index contributed by atoms with van der Waals surface area (Å²) in [5.74, 6) is 1.08. The van der Waals surface area contributed by atoms with Gasteiger partial charge in [0.25, 0.3) is 0 Å². The molecular weight excluding hydrogens is 394 g/mol. The van der Waals surface area contributed by atoms with Gasteiger partial charge >= 0.3 is 0 Å². The third-order valence-corrected chi connectivity index (χ3v) is 7.38.